The molecule has 0 spiro atoms. The highest BCUT2D eigenvalue weighted by molar-refractivity contribution is 6.30. The fourth-order valence-electron chi connectivity index (χ4n) is 4.19. The molecule has 0 aliphatic heterocycles. The van der Waals surface area contributed by atoms with Crippen molar-refractivity contribution >= 4 is 11.6 Å². The SMILES string of the molecule is Cc1cc(Cl)ccc1CNC(C)C1CC2CCC1C2. The lowest BCUT2D eigenvalue weighted by Gasteiger charge is -2.29. The van der Waals surface area contributed by atoms with Gasteiger partial charge in [-0.1, -0.05) is 24.1 Å². The van der Waals surface area contributed by atoms with Crippen molar-refractivity contribution in [3.8, 4) is 0 Å². The summed E-state index contributed by atoms with van der Waals surface area (Å²) < 4.78 is 0. The van der Waals surface area contributed by atoms with Gasteiger partial charge in [-0.2, -0.15) is 0 Å². The van der Waals surface area contributed by atoms with Crippen molar-refractivity contribution < 1.29 is 0 Å². The summed E-state index contributed by atoms with van der Waals surface area (Å²) >= 11 is 6.01. The van der Waals surface area contributed by atoms with Crippen LogP contribution in [0.1, 0.15) is 43.7 Å². The molecular formula is C17H24ClN. The molecule has 1 N–H and O–H groups in total. The van der Waals surface area contributed by atoms with E-state index in [-0.39, 0.29) is 0 Å². The van der Waals surface area contributed by atoms with Crippen molar-refractivity contribution in [3.05, 3.63) is 34.3 Å². The summed E-state index contributed by atoms with van der Waals surface area (Å²) in [4.78, 5) is 0. The quantitative estimate of drug-likeness (QED) is 0.850. The number of rotatable bonds is 4. The highest BCUT2D eigenvalue weighted by Crippen LogP contribution is 2.49. The topological polar surface area (TPSA) is 12.0 Å². The molecule has 0 saturated heterocycles. The first-order valence-corrected chi connectivity index (χ1v) is 7.99. The van der Waals surface area contributed by atoms with Crippen LogP contribution in [0.25, 0.3) is 0 Å². The van der Waals surface area contributed by atoms with E-state index in [4.69, 9.17) is 11.6 Å². The summed E-state index contributed by atoms with van der Waals surface area (Å²) in [6, 6.07) is 6.84. The van der Waals surface area contributed by atoms with E-state index in [0.717, 1.165) is 29.3 Å². The number of fused-ring (bicyclic) bond motifs is 2. The second-order valence-corrected chi connectivity index (χ2v) is 7.02. The summed E-state index contributed by atoms with van der Waals surface area (Å²) in [5.74, 6) is 2.95. The Bertz CT molecular complexity index is 457. The van der Waals surface area contributed by atoms with Gasteiger partial charge in [-0.05, 0) is 74.1 Å². The number of hydrogen-bond donors (Lipinski definition) is 1. The minimum absolute atomic E-state index is 0.644. The van der Waals surface area contributed by atoms with E-state index >= 15 is 0 Å². The molecule has 2 bridgehead atoms. The first kappa shape index (κ1) is 13.5. The molecule has 0 heterocycles. The first-order valence-electron chi connectivity index (χ1n) is 7.62. The molecule has 4 unspecified atom stereocenters. The molecule has 0 amide bonds. The van der Waals surface area contributed by atoms with Crippen LogP contribution in [0.2, 0.25) is 5.02 Å². The van der Waals surface area contributed by atoms with Crippen molar-refractivity contribution in [3.63, 3.8) is 0 Å². The van der Waals surface area contributed by atoms with Gasteiger partial charge in [0.15, 0.2) is 0 Å². The molecule has 2 fully saturated rings. The zero-order valence-corrected chi connectivity index (χ0v) is 12.7. The molecular weight excluding hydrogens is 254 g/mol. The Labute approximate surface area is 121 Å². The molecule has 1 aromatic rings. The van der Waals surface area contributed by atoms with Gasteiger partial charge in [0.1, 0.15) is 0 Å². The van der Waals surface area contributed by atoms with E-state index in [1.807, 2.05) is 6.07 Å². The lowest BCUT2D eigenvalue weighted by Crippen LogP contribution is -2.36. The molecule has 19 heavy (non-hydrogen) atoms. The minimum Gasteiger partial charge on any atom is -0.310 e. The van der Waals surface area contributed by atoms with Gasteiger partial charge in [0, 0.05) is 17.6 Å². The van der Waals surface area contributed by atoms with E-state index in [1.165, 1.54) is 36.8 Å². The molecule has 2 heteroatoms. The van der Waals surface area contributed by atoms with E-state index in [0.29, 0.717) is 6.04 Å². The highest BCUT2D eigenvalue weighted by atomic mass is 35.5. The van der Waals surface area contributed by atoms with Crippen molar-refractivity contribution in [1.82, 2.24) is 5.32 Å². The number of nitrogens with one attached hydrogen (secondary N) is 1. The molecule has 0 radical (unpaired) electrons. The maximum absolute atomic E-state index is 6.01. The van der Waals surface area contributed by atoms with Gasteiger partial charge in [-0.25, -0.2) is 0 Å². The smallest absolute Gasteiger partial charge is 0.0408 e. The van der Waals surface area contributed by atoms with Crippen LogP contribution in [0.3, 0.4) is 0 Å². The Morgan fingerprint density at radius 1 is 1.32 bits per heavy atom. The third-order valence-corrected chi connectivity index (χ3v) is 5.59. The summed E-state index contributed by atoms with van der Waals surface area (Å²) in [5, 5.41) is 4.58. The zero-order chi connectivity index (χ0) is 13.4. The van der Waals surface area contributed by atoms with E-state index in [2.05, 4.69) is 31.3 Å². The van der Waals surface area contributed by atoms with Crippen molar-refractivity contribution in [2.75, 3.05) is 0 Å². The van der Waals surface area contributed by atoms with E-state index in [1.54, 1.807) is 0 Å². The molecule has 0 aromatic heterocycles. The number of aryl methyl sites for hydroxylation is 1. The lowest BCUT2D eigenvalue weighted by molar-refractivity contribution is 0.259. The number of hydrogen-bond acceptors (Lipinski definition) is 1. The van der Waals surface area contributed by atoms with Gasteiger partial charge >= 0.3 is 0 Å². The van der Waals surface area contributed by atoms with Gasteiger partial charge in [-0.15, -0.1) is 0 Å². The molecule has 3 rings (SSSR count). The average Bonchev–Trinajstić information content (AvgIpc) is 2.99. The molecule has 2 aliphatic carbocycles. The summed E-state index contributed by atoms with van der Waals surface area (Å²) in [7, 11) is 0. The Hall–Kier alpha value is -0.530. The molecule has 104 valence electrons. The van der Waals surface area contributed by atoms with Gasteiger partial charge in [0.05, 0.1) is 0 Å². The van der Waals surface area contributed by atoms with Crippen molar-refractivity contribution in [2.24, 2.45) is 17.8 Å². The normalized spacial score (nSPS) is 30.8. The van der Waals surface area contributed by atoms with Crippen LogP contribution in [0.15, 0.2) is 18.2 Å². The van der Waals surface area contributed by atoms with Crippen LogP contribution < -0.4 is 5.32 Å². The maximum Gasteiger partial charge on any atom is 0.0408 e. The third-order valence-electron chi connectivity index (χ3n) is 5.35. The maximum atomic E-state index is 6.01. The van der Waals surface area contributed by atoms with E-state index < -0.39 is 0 Å². The second-order valence-electron chi connectivity index (χ2n) is 6.58. The van der Waals surface area contributed by atoms with Crippen LogP contribution in [0.4, 0.5) is 0 Å². The third kappa shape index (κ3) is 2.83. The first-order chi connectivity index (χ1) is 9.13. The van der Waals surface area contributed by atoms with Gasteiger partial charge in [0.2, 0.25) is 0 Å². The van der Waals surface area contributed by atoms with E-state index in [9.17, 15) is 0 Å². The average molecular weight is 278 g/mol. The largest absolute Gasteiger partial charge is 0.310 e. The summed E-state index contributed by atoms with van der Waals surface area (Å²) in [5.41, 5.74) is 2.67. The van der Waals surface area contributed by atoms with Crippen LogP contribution in [0, 0.1) is 24.7 Å². The molecule has 1 nitrogen and oxygen atoms in total. The van der Waals surface area contributed by atoms with Crippen molar-refractivity contribution in [2.45, 2.75) is 52.1 Å². The van der Waals surface area contributed by atoms with Crippen LogP contribution in [-0.2, 0) is 6.54 Å². The predicted molar refractivity (Wildman–Crippen MR) is 81.4 cm³/mol. The lowest BCUT2D eigenvalue weighted by atomic mass is 9.84. The van der Waals surface area contributed by atoms with Gasteiger partial charge in [0.25, 0.3) is 0 Å². The minimum atomic E-state index is 0.644. The van der Waals surface area contributed by atoms with Crippen LogP contribution >= 0.6 is 11.6 Å². The fraction of sp³-hybridized carbons (Fsp3) is 0.647. The highest BCUT2D eigenvalue weighted by Gasteiger charge is 2.41. The van der Waals surface area contributed by atoms with Gasteiger partial charge in [-0.3, -0.25) is 0 Å². The van der Waals surface area contributed by atoms with Crippen LogP contribution in [-0.4, -0.2) is 6.04 Å². The molecule has 2 saturated carbocycles. The Kier molecular flexibility index (Phi) is 3.86. The predicted octanol–water partition coefficient (Wildman–Crippen LogP) is 4.56. The fourth-order valence-corrected chi connectivity index (χ4v) is 4.41. The number of benzene rings is 1. The molecule has 4 atom stereocenters. The molecule has 2 aliphatic rings. The monoisotopic (exact) mass is 277 g/mol. The zero-order valence-electron chi connectivity index (χ0n) is 12.0. The summed E-state index contributed by atoms with van der Waals surface area (Å²) in [6.45, 7) is 5.49. The second kappa shape index (κ2) is 5.46. The Morgan fingerprint density at radius 3 is 2.79 bits per heavy atom. The van der Waals surface area contributed by atoms with Crippen LogP contribution in [0.5, 0.6) is 0 Å². The molecule has 1 aromatic carbocycles. The van der Waals surface area contributed by atoms with Gasteiger partial charge < -0.3 is 5.32 Å². The summed E-state index contributed by atoms with van der Waals surface area (Å²) in [6.07, 6.45) is 5.92. The Morgan fingerprint density at radius 2 is 2.16 bits per heavy atom. The standard InChI is InChI=1S/C17H24ClN/c1-11-7-16(18)6-5-15(11)10-19-12(2)17-9-13-3-4-14(17)8-13/h5-7,12-14,17,19H,3-4,8-10H2,1-2H3. The van der Waals surface area contributed by atoms with Crippen molar-refractivity contribution in [1.29, 1.82) is 0 Å². The Balaban J connectivity index is 1.57. The number of halogens is 1.